The van der Waals surface area contributed by atoms with Crippen molar-refractivity contribution in [2.75, 3.05) is 0 Å². The molecule has 0 saturated carbocycles. The fourth-order valence-corrected chi connectivity index (χ4v) is 4.85. The number of carbonyl (C=O) groups excluding carboxylic acids is 2. The van der Waals surface area contributed by atoms with Gasteiger partial charge in [-0.25, -0.2) is 13.9 Å². The lowest BCUT2D eigenvalue weighted by atomic mass is 9.92. The molecule has 2 heterocycles. The van der Waals surface area contributed by atoms with Crippen molar-refractivity contribution < 1.29 is 14.0 Å². The summed E-state index contributed by atoms with van der Waals surface area (Å²) in [6.45, 7) is 1.65. The Morgan fingerprint density at radius 1 is 1.16 bits per heavy atom. The van der Waals surface area contributed by atoms with Crippen molar-refractivity contribution in [1.29, 1.82) is 0 Å². The molecular weight excluding hydrogens is 419 g/mol. The van der Waals surface area contributed by atoms with Crippen molar-refractivity contribution in [3.8, 4) is 5.69 Å². The Morgan fingerprint density at radius 2 is 1.94 bits per heavy atom. The van der Waals surface area contributed by atoms with Crippen LogP contribution in [0.5, 0.6) is 0 Å². The van der Waals surface area contributed by atoms with Crippen LogP contribution in [-0.2, 0) is 29.7 Å². The summed E-state index contributed by atoms with van der Waals surface area (Å²) >= 11 is 6.19. The molecule has 1 N–H and O–H groups in total. The van der Waals surface area contributed by atoms with Crippen molar-refractivity contribution in [3.05, 3.63) is 81.9 Å². The minimum absolute atomic E-state index is 0.0707. The van der Waals surface area contributed by atoms with E-state index < -0.39 is 23.3 Å². The fourth-order valence-electron chi connectivity index (χ4n) is 4.49. The molecule has 31 heavy (non-hydrogen) atoms. The van der Waals surface area contributed by atoms with Crippen LogP contribution in [-0.4, -0.2) is 26.6 Å². The lowest BCUT2D eigenvalue weighted by Crippen LogP contribution is -2.41. The van der Waals surface area contributed by atoms with Gasteiger partial charge in [-0.3, -0.25) is 9.69 Å². The highest BCUT2D eigenvalue weighted by Gasteiger charge is 2.50. The summed E-state index contributed by atoms with van der Waals surface area (Å²) in [6.07, 6.45) is 2.78. The number of hydrogen-bond donors (Lipinski definition) is 1. The van der Waals surface area contributed by atoms with E-state index in [-0.39, 0.29) is 11.6 Å². The zero-order valence-corrected chi connectivity index (χ0v) is 17.6. The molecule has 6 nitrogen and oxygen atoms in total. The fraction of sp³-hybridized carbons (Fsp3) is 0.261. The molecule has 0 spiro atoms. The minimum Gasteiger partial charge on any atom is -0.319 e. The number of para-hydroxylation sites is 1. The highest BCUT2D eigenvalue weighted by atomic mass is 35.5. The van der Waals surface area contributed by atoms with Crippen LogP contribution in [0.3, 0.4) is 0 Å². The number of halogens is 2. The summed E-state index contributed by atoms with van der Waals surface area (Å²) in [5, 5.41) is 7.57. The predicted molar refractivity (Wildman–Crippen MR) is 113 cm³/mol. The average Bonchev–Trinajstić information content (AvgIpc) is 3.40. The highest BCUT2D eigenvalue weighted by Crippen LogP contribution is 2.35. The molecule has 1 atom stereocenters. The van der Waals surface area contributed by atoms with Crippen LogP contribution in [0.2, 0.25) is 5.02 Å². The second kappa shape index (κ2) is 7.20. The largest absolute Gasteiger partial charge is 0.325 e. The zero-order chi connectivity index (χ0) is 21.8. The summed E-state index contributed by atoms with van der Waals surface area (Å²) in [7, 11) is 0. The molecule has 0 bridgehead atoms. The van der Waals surface area contributed by atoms with E-state index in [4.69, 9.17) is 16.7 Å². The molecule has 1 aliphatic carbocycles. The number of imide groups is 1. The van der Waals surface area contributed by atoms with Crippen LogP contribution in [0, 0.1) is 5.82 Å². The zero-order valence-electron chi connectivity index (χ0n) is 16.9. The Balaban J connectivity index is 1.49. The lowest BCUT2D eigenvalue weighted by Gasteiger charge is -2.23. The van der Waals surface area contributed by atoms with E-state index in [1.807, 2.05) is 35.0 Å². The number of rotatable bonds is 4. The van der Waals surface area contributed by atoms with Gasteiger partial charge in [0.25, 0.3) is 5.91 Å². The third kappa shape index (κ3) is 3.11. The number of nitrogens with zero attached hydrogens (tertiary/aromatic N) is 3. The predicted octanol–water partition coefficient (Wildman–Crippen LogP) is 4.12. The van der Waals surface area contributed by atoms with Gasteiger partial charge in [0.1, 0.15) is 11.4 Å². The average molecular weight is 439 g/mol. The van der Waals surface area contributed by atoms with E-state index in [1.165, 1.54) is 12.1 Å². The smallest absolute Gasteiger partial charge is 0.319 e. The number of aromatic nitrogens is 2. The van der Waals surface area contributed by atoms with Crippen LogP contribution in [0.1, 0.15) is 35.9 Å². The second-order valence-corrected chi connectivity index (χ2v) is 8.45. The number of urea groups is 1. The maximum atomic E-state index is 13.5. The Hall–Kier alpha value is -3.19. The Labute approximate surface area is 183 Å². The first-order valence-corrected chi connectivity index (χ1v) is 10.5. The summed E-state index contributed by atoms with van der Waals surface area (Å²) in [5.74, 6) is -0.944. The summed E-state index contributed by atoms with van der Waals surface area (Å²) < 4.78 is 15.4. The third-order valence-electron chi connectivity index (χ3n) is 6.07. The van der Waals surface area contributed by atoms with Crippen molar-refractivity contribution in [3.63, 3.8) is 0 Å². The van der Waals surface area contributed by atoms with Crippen molar-refractivity contribution >= 4 is 23.5 Å². The maximum absolute atomic E-state index is 13.5. The summed E-state index contributed by atoms with van der Waals surface area (Å²) in [6, 6.07) is 13.1. The van der Waals surface area contributed by atoms with E-state index in [9.17, 15) is 14.0 Å². The van der Waals surface area contributed by atoms with E-state index >= 15 is 0 Å². The van der Waals surface area contributed by atoms with E-state index in [0.717, 1.165) is 47.2 Å². The van der Waals surface area contributed by atoms with Crippen LogP contribution >= 0.6 is 11.6 Å². The van der Waals surface area contributed by atoms with Gasteiger partial charge in [-0.05, 0) is 56.0 Å². The Morgan fingerprint density at radius 3 is 2.68 bits per heavy atom. The molecule has 1 aromatic heterocycles. The van der Waals surface area contributed by atoms with Gasteiger partial charge in [-0.15, -0.1) is 0 Å². The first-order valence-electron chi connectivity index (χ1n) is 10.1. The molecule has 8 heteroatoms. The van der Waals surface area contributed by atoms with Gasteiger partial charge in [-0.2, -0.15) is 5.10 Å². The summed E-state index contributed by atoms with van der Waals surface area (Å²) in [5.41, 5.74) is 2.88. The number of hydrogen-bond acceptors (Lipinski definition) is 3. The van der Waals surface area contributed by atoms with Gasteiger partial charge in [0.2, 0.25) is 0 Å². The van der Waals surface area contributed by atoms with E-state index in [2.05, 4.69) is 5.32 Å². The molecule has 1 unspecified atom stereocenters. The van der Waals surface area contributed by atoms with Gasteiger partial charge in [-0.1, -0.05) is 35.9 Å². The van der Waals surface area contributed by atoms with Crippen LogP contribution in [0.15, 0.2) is 48.5 Å². The molecule has 1 fully saturated rings. The molecular formula is C23H20ClFN4O2. The molecule has 158 valence electrons. The SMILES string of the molecule is CC1(c2ccc(F)cc2Cl)NC(=O)N(Cc2nn(-c3ccccc3)c3c2CCC3)C1=O. The first-order chi connectivity index (χ1) is 14.9. The van der Waals surface area contributed by atoms with Crippen LogP contribution < -0.4 is 5.32 Å². The molecule has 5 rings (SSSR count). The van der Waals surface area contributed by atoms with Crippen molar-refractivity contribution in [2.45, 2.75) is 38.3 Å². The molecule has 1 saturated heterocycles. The van der Waals surface area contributed by atoms with Crippen LogP contribution in [0.4, 0.5) is 9.18 Å². The topological polar surface area (TPSA) is 67.2 Å². The first kappa shape index (κ1) is 19.8. The lowest BCUT2D eigenvalue weighted by molar-refractivity contribution is -0.131. The van der Waals surface area contributed by atoms with Crippen LogP contribution in [0.25, 0.3) is 5.69 Å². The van der Waals surface area contributed by atoms with E-state index in [1.54, 1.807) is 6.92 Å². The minimum atomic E-state index is -1.37. The quantitative estimate of drug-likeness (QED) is 0.623. The van der Waals surface area contributed by atoms with Gasteiger partial charge in [0.15, 0.2) is 0 Å². The standard InChI is InChI=1S/C23H20ClFN4O2/c1-23(17-11-10-14(25)12-18(17)24)21(30)28(22(31)26-23)13-19-16-8-5-9-20(16)29(27-19)15-6-3-2-4-7-15/h2-4,6-7,10-12H,5,8-9,13H2,1H3,(H,26,31). The molecule has 2 aliphatic rings. The summed E-state index contributed by atoms with van der Waals surface area (Å²) in [4.78, 5) is 27.3. The van der Waals surface area contributed by atoms with Gasteiger partial charge in [0.05, 0.1) is 17.9 Å². The van der Waals surface area contributed by atoms with Gasteiger partial charge >= 0.3 is 6.03 Å². The Kier molecular flexibility index (Phi) is 4.59. The highest BCUT2D eigenvalue weighted by molar-refractivity contribution is 6.32. The van der Waals surface area contributed by atoms with Crippen molar-refractivity contribution in [1.82, 2.24) is 20.0 Å². The van der Waals surface area contributed by atoms with Gasteiger partial charge in [0, 0.05) is 16.3 Å². The molecule has 0 radical (unpaired) electrons. The normalized spacial score (nSPS) is 20.3. The molecule has 2 aromatic carbocycles. The number of fused-ring (bicyclic) bond motifs is 1. The molecule has 3 amide bonds. The maximum Gasteiger partial charge on any atom is 0.325 e. The number of nitrogens with one attached hydrogen (secondary N) is 1. The van der Waals surface area contributed by atoms with Crippen molar-refractivity contribution in [2.24, 2.45) is 0 Å². The monoisotopic (exact) mass is 438 g/mol. The number of amides is 3. The van der Waals surface area contributed by atoms with Gasteiger partial charge < -0.3 is 5.32 Å². The number of benzene rings is 2. The Bertz CT molecular complexity index is 1210. The van der Waals surface area contributed by atoms with E-state index in [0.29, 0.717) is 11.3 Å². The number of carbonyl (C=O) groups is 2. The molecule has 3 aromatic rings. The second-order valence-electron chi connectivity index (χ2n) is 8.04. The third-order valence-corrected chi connectivity index (χ3v) is 6.38. The molecule has 1 aliphatic heterocycles.